The van der Waals surface area contributed by atoms with Crippen molar-refractivity contribution in [3.8, 4) is 5.75 Å². The first-order chi connectivity index (χ1) is 10.1. The lowest BCUT2D eigenvalue weighted by Gasteiger charge is -2.23. The topological polar surface area (TPSA) is 56.3 Å². The van der Waals surface area contributed by atoms with E-state index in [4.69, 9.17) is 10.5 Å². The second-order valence-corrected chi connectivity index (χ2v) is 5.29. The molecule has 21 heavy (non-hydrogen) atoms. The Morgan fingerprint density at radius 1 is 1.48 bits per heavy atom. The van der Waals surface area contributed by atoms with Crippen LogP contribution in [0.25, 0.3) is 0 Å². The van der Waals surface area contributed by atoms with Crippen LogP contribution in [-0.2, 0) is 20.1 Å². The highest BCUT2D eigenvalue weighted by Gasteiger charge is 2.32. The highest BCUT2D eigenvalue weighted by Crippen LogP contribution is 2.37. The number of nitrogens with zero attached hydrogens (tertiary/aromatic N) is 3. The molecule has 6 heteroatoms. The molecule has 0 bridgehead atoms. The van der Waals surface area contributed by atoms with Gasteiger partial charge in [-0.2, -0.15) is 0 Å². The number of benzene rings is 1. The zero-order chi connectivity index (χ0) is 15.0. The van der Waals surface area contributed by atoms with Gasteiger partial charge in [0.2, 0.25) is 0 Å². The monoisotopic (exact) mass is 290 g/mol. The van der Waals surface area contributed by atoms with Crippen molar-refractivity contribution in [2.24, 2.45) is 12.8 Å². The number of aryl methyl sites for hydroxylation is 1. The molecule has 1 aromatic carbocycles. The van der Waals surface area contributed by atoms with Crippen LogP contribution in [0.15, 0.2) is 24.5 Å². The summed E-state index contributed by atoms with van der Waals surface area (Å²) < 4.78 is 21.3. The molecular weight excluding hydrogens is 271 g/mol. The molecule has 1 unspecified atom stereocenters. The zero-order valence-electron chi connectivity index (χ0n) is 12.2. The predicted octanol–water partition coefficient (Wildman–Crippen LogP) is 1.58. The minimum atomic E-state index is -0.231. The molecule has 5 nitrogen and oxygen atoms in total. The number of fused-ring (bicyclic) bond motifs is 1. The van der Waals surface area contributed by atoms with Gasteiger partial charge in [0.25, 0.3) is 0 Å². The lowest BCUT2D eigenvalue weighted by atomic mass is 10.0. The molecule has 0 saturated carbocycles. The van der Waals surface area contributed by atoms with E-state index in [2.05, 4.69) is 9.88 Å². The molecule has 0 fully saturated rings. The molecule has 112 valence electrons. The quantitative estimate of drug-likeness (QED) is 0.929. The van der Waals surface area contributed by atoms with Crippen molar-refractivity contribution in [3.63, 3.8) is 0 Å². The Labute approximate surface area is 123 Å². The number of aromatic nitrogens is 2. The summed E-state index contributed by atoms with van der Waals surface area (Å²) in [4.78, 5) is 6.48. The second-order valence-electron chi connectivity index (χ2n) is 5.29. The van der Waals surface area contributed by atoms with E-state index >= 15 is 0 Å². The smallest absolute Gasteiger partial charge is 0.131 e. The van der Waals surface area contributed by atoms with E-state index in [9.17, 15) is 4.39 Å². The fraction of sp³-hybridized carbons (Fsp3) is 0.400. The molecule has 0 amide bonds. The Hall–Kier alpha value is -1.92. The van der Waals surface area contributed by atoms with Crippen molar-refractivity contribution in [1.82, 2.24) is 14.5 Å². The molecule has 0 saturated heterocycles. The van der Waals surface area contributed by atoms with Crippen molar-refractivity contribution >= 4 is 0 Å². The molecule has 1 aliphatic rings. The van der Waals surface area contributed by atoms with Crippen molar-refractivity contribution in [3.05, 3.63) is 47.3 Å². The Bertz CT molecular complexity index is 655. The van der Waals surface area contributed by atoms with Gasteiger partial charge in [-0.1, -0.05) is 0 Å². The van der Waals surface area contributed by atoms with Crippen LogP contribution < -0.4 is 10.5 Å². The zero-order valence-corrected chi connectivity index (χ0v) is 12.2. The van der Waals surface area contributed by atoms with E-state index in [0.29, 0.717) is 30.9 Å². The van der Waals surface area contributed by atoms with E-state index in [0.717, 1.165) is 11.4 Å². The highest BCUT2D eigenvalue weighted by atomic mass is 19.1. The average Bonchev–Trinajstić information content (AvgIpc) is 3.03. The fourth-order valence-corrected chi connectivity index (χ4v) is 2.90. The molecule has 2 N–H and O–H groups in total. The molecule has 0 spiro atoms. The first kappa shape index (κ1) is 14.0. The third kappa shape index (κ3) is 2.41. The summed E-state index contributed by atoms with van der Waals surface area (Å²) in [5.74, 6) is 1.24. The maximum atomic E-state index is 14.2. The first-order valence-corrected chi connectivity index (χ1v) is 6.90. The highest BCUT2D eigenvalue weighted by molar-refractivity contribution is 5.42. The van der Waals surface area contributed by atoms with Crippen LogP contribution in [-0.4, -0.2) is 28.1 Å². The van der Waals surface area contributed by atoms with Crippen molar-refractivity contribution < 1.29 is 9.13 Å². The number of imidazole rings is 1. The van der Waals surface area contributed by atoms with Crippen LogP contribution in [0.4, 0.5) is 4.39 Å². The SMILES string of the molecule is COc1cc(F)c2c(c1)C(CN)N(Cc1nccn1C)C2. The van der Waals surface area contributed by atoms with Gasteiger partial charge in [0.05, 0.1) is 13.7 Å². The largest absolute Gasteiger partial charge is 0.497 e. The van der Waals surface area contributed by atoms with Crippen LogP contribution in [0.3, 0.4) is 0 Å². The van der Waals surface area contributed by atoms with Gasteiger partial charge in [-0.3, -0.25) is 4.90 Å². The number of hydrogen-bond donors (Lipinski definition) is 1. The summed E-state index contributed by atoms with van der Waals surface area (Å²) >= 11 is 0. The van der Waals surface area contributed by atoms with E-state index in [1.165, 1.54) is 6.07 Å². The lowest BCUT2D eigenvalue weighted by Crippen LogP contribution is -2.28. The van der Waals surface area contributed by atoms with Crippen LogP contribution in [0.1, 0.15) is 23.0 Å². The van der Waals surface area contributed by atoms with Crippen molar-refractivity contribution in [1.29, 1.82) is 0 Å². The predicted molar refractivity (Wildman–Crippen MR) is 77.2 cm³/mol. The molecular formula is C15H19FN4O. The molecule has 2 heterocycles. The summed E-state index contributed by atoms with van der Waals surface area (Å²) in [6, 6.07) is 3.30. The Kier molecular flexibility index (Phi) is 3.65. The second kappa shape index (κ2) is 5.46. The first-order valence-electron chi connectivity index (χ1n) is 6.90. The van der Waals surface area contributed by atoms with E-state index < -0.39 is 0 Å². The average molecular weight is 290 g/mol. The van der Waals surface area contributed by atoms with Gasteiger partial charge >= 0.3 is 0 Å². The number of hydrogen-bond acceptors (Lipinski definition) is 4. The Morgan fingerprint density at radius 3 is 2.90 bits per heavy atom. The van der Waals surface area contributed by atoms with Gasteiger partial charge < -0.3 is 15.0 Å². The van der Waals surface area contributed by atoms with E-state index in [1.807, 2.05) is 23.9 Å². The molecule has 1 aromatic heterocycles. The molecule has 1 atom stereocenters. The van der Waals surface area contributed by atoms with E-state index in [1.54, 1.807) is 13.3 Å². The molecule has 1 aliphatic heterocycles. The van der Waals surface area contributed by atoms with Crippen molar-refractivity contribution in [2.45, 2.75) is 19.1 Å². The Morgan fingerprint density at radius 2 is 2.29 bits per heavy atom. The Balaban J connectivity index is 1.92. The summed E-state index contributed by atoms with van der Waals surface area (Å²) in [5.41, 5.74) is 7.54. The number of rotatable bonds is 4. The maximum Gasteiger partial charge on any atom is 0.131 e. The third-order valence-electron chi connectivity index (χ3n) is 4.09. The van der Waals surface area contributed by atoms with Gasteiger partial charge in [-0.25, -0.2) is 9.37 Å². The molecule has 0 radical (unpaired) electrons. The maximum absolute atomic E-state index is 14.2. The van der Waals surface area contributed by atoms with Gasteiger partial charge in [0.15, 0.2) is 0 Å². The number of nitrogens with two attached hydrogens (primary N) is 1. The number of methoxy groups -OCH3 is 1. The van der Waals surface area contributed by atoms with Crippen LogP contribution in [0, 0.1) is 5.82 Å². The van der Waals surface area contributed by atoms with Gasteiger partial charge in [-0.15, -0.1) is 0 Å². The minimum absolute atomic E-state index is 0.0127. The third-order valence-corrected chi connectivity index (χ3v) is 4.09. The minimum Gasteiger partial charge on any atom is -0.497 e. The molecule has 2 aromatic rings. The fourth-order valence-electron chi connectivity index (χ4n) is 2.90. The summed E-state index contributed by atoms with van der Waals surface area (Å²) in [6.45, 7) is 1.62. The van der Waals surface area contributed by atoms with E-state index in [-0.39, 0.29) is 11.9 Å². The van der Waals surface area contributed by atoms with Gasteiger partial charge in [0, 0.05) is 50.2 Å². The summed E-state index contributed by atoms with van der Waals surface area (Å²) in [7, 11) is 3.49. The van der Waals surface area contributed by atoms with Crippen LogP contribution >= 0.6 is 0 Å². The summed E-state index contributed by atoms with van der Waals surface area (Å²) in [5, 5.41) is 0. The normalized spacial score (nSPS) is 18.0. The summed E-state index contributed by atoms with van der Waals surface area (Å²) in [6.07, 6.45) is 3.67. The van der Waals surface area contributed by atoms with Crippen molar-refractivity contribution in [2.75, 3.05) is 13.7 Å². The van der Waals surface area contributed by atoms with Gasteiger partial charge in [0.1, 0.15) is 17.4 Å². The standard InChI is InChI=1S/C15H19FN4O/c1-19-4-3-18-15(19)9-20-8-12-11(14(20)7-17)5-10(21-2)6-13(12)16/h3-6,14H,7-9,17H2,1-2H3. The van der Waals surface area contributed by atoms with Gasteiger partial charge in [-0.05, 0) is 11.6 Å². The van der Waals surface area contributed by atoms with Crippen LogP contribution in [0.2, 0.25) is 0 Å². The molecule has 0 aliphatic carbocycles. The van der Waals surface area contributed by atoms with Crippen LogP contribution in [0.5, 0.6) is 5.75 Å². The molecule has 3 rings (SSSR count). The number of halogens is 1. The lowest BCUT2D eigenvalue weighted by molar-refractivity contribution is 0.202. The number of ether oxygens (including phenoxy) is 1.